The smallest absolute Gasteiger partial charge is 0.309 e. The number of pyridine rings is 1. The Hall–Kier alpha value is -0.940. The third kappa shape index (κ3) is 2.18. The van der Waals surface area contributed by atoms with Gasteiger partial charge in [-0.05, 0) is 28.4 Å². The van der Waals surface area contributed by atoms with Gasteiger partial charge in [-0.15, -0.1) is 0 Å². The summed E-state index contributed by atoms with van der Waals surface area (Å²) in [7, 11) is 0. The molecule has 2 rings (SSSR count). The van der Waals surface area contributed by atoms with Crippen LogP contribution in [-0.4, -0.2) is 22.7 Å². The molecule has 1 fully saturated rings. The lowest BCUT2D eigenvalue weighted by atomic mass is 9.97. The van der Waals surface area contributed by atoms with Gasteiger partial charge in [-0.1, -0.05) is 0 Å². The maximum absolute atomic E-state index is 11.0. The summed E-state index contributed by atoms with van der Waals surface area (Å²) < 4.78 is 6.26. The topological polar surface area (TPSA) is 59.4 Å². The van der Waals surface area contributed by atoms with E-state index >= 15 is 0 Å². The third-order valence-corrected chi connectivity index (χ3v) is 2.90. The molecule has 0 amide bonds. The van der Waals surface area contributed by atoms with Crippen molar-refractivity contribution in [2.24, 2.45) is 5.92 Å². The fourth-order valence-electron chi connectivity index (χ4n) is 1.75. The van der Waals surface area contributed by atoms with E-state index in [0.29, 0.717) is 13.0 Å². The van der Waals surface area contributed by atoms with Crippen LogP contribution < -0.4 is 0 Å². The highest BCUT2D eigenvalue weighted by Gasteiger charge is 2.35. The second kappa shape index (κ2) is 4.28. The first kappa shape index (κ1) is 10.6. The van der Waals surface area contributed by atoms with Gasteiger partial charge >= 0.3 is 5.97 Å². The van der Waals surface area contributed by atoms with Gasteiger partial charge in [-0.3, -0.25) is 9.78 Å². The van der Waals surface area contributed by atoms with Crippen LogP contribution in [0.4, 0.5) is 0 Å². The van der Waals surface area contributed by atoms with Gasteiger partial charge in [0.1, 0.15) is 0 Å². The summed E-state index contributed by atoms with van der Waals surface area (Å²) in [6.07, 6.45) is 3.50. The van der Waals surface area contributed by atoms with Crippen LogP contribution in [0.25, 0.3) is 0 Å². The molecule has 2 atom stereocenters. The van der Waals surface area contributed by atoms with Crippen molar-refractivity contribution in [3.05, 3.63) is 28.5 Å². The minimum atomic E-state index is -0.808. The molecule has 4 nitrogen and oxygen atoms in total. The van der Waals surface area contributed by atoms with Crippen molar-refractivity contribution in [3.8, 4) is 0 Å². The van der Waals surface area contributed by atoms with Crippen molar-refractivity contribution >= 4 is 21.9 Å². The van der Waals surface area contributed by atoms with E-state index in [2.05, 4.69) is 20.9 Å². The molecule has 5 heteroatoms. The largest absolute Gasteiger partial charge is 0.481 e. The monoisotopic (exact) mass is 271 g/mol. The van der Waals surface area contributed by atoms with E-state index in [1.54, 1.807) is 12.4 Å². The summed E-state index contributed by atoms with van der Waals surface area (Å²) in [6, 6.07) is 1.85. The van der Waals surface area contributed by atoms with Crippen molar-refractivity contribution in [1.29, 1.82) is 0 Å². The summed E-state index contributed by atoms with van der Waals surface area (Å²) in [5.74, 6) is -1.27. The number of hydrogen-bond donors (Lipinski definition) is 1. The quantitative estimate of drug-likeness (QED) is 0.894. The molecule has 0 bridgehead atoms. The van der Waals surface area contributed by atoms with Crippen molar-refractivity contribution in [1.82, 2.24) is 4.98 Å². The maximum atomic E-state index is 11.0. The molecule has 2 heterocycles. The fraction of sp³-hybridized carbons (Fsp3) is 0.400. The number of aromatic nitrogens is 1. The van der Waals surface area contributed by atoms with E-state index in [9.17, 15) is 4.79 Å². The van der Waals surface area contributed by atoms with Crippen molar-refractivity contribution in [2.45, 2.75) is 12.5 Å². The number of rotatable bonds is 2. The molecule has 0 unspecified atom stereocenters. The summed E-state index contributed by atoms with van der Waals surface area (Å²) in [5.41, 5.74) is 0.814. The van der Waals surface area contributed by atoms with Gasteiger partial charge in [0.25, 0.3) is 0 Å². The lowest BCUT2D eigenvalue weighted by Crippen LogP contribution is -2.17. The van der Waals surface area contributed by atoms with E-state index in [1.807, 2.05) is 6.07 Å². The first-order valence-corrected chi connectivity index (χ1v) is 5.42. The number of carboxylic acid groups (broad SMARTS) is 1. The molecule has 1 saturated heterocycles. The highest BCUT2D eigenvalue weighted by Crippen LogP contribution is 2.34. The number of ether oxygens (including phenoxy) is 1. The number of hydrogen-bond acceptors (Lipinski definition) is 3. The van der Waals surface area contributed by atoms with Gasteiger partial charge < -0.3 is 9.84 Å². The van der Waals surface area contributed by atoms with E-state index in [-0.39, 0.29) is 6.10 Å². The molecule has 1 aromatic rings. The summed E-state index contributed by atoms with van der Waals surface area (Å²) in [4.78, 5) is 15.0. The van der Waals surface area contributed by atoms with Crippen molar-refractivity contribution in [2.75, 3.05) is 6.61 Å². The fourth-order valence-corrected chi connectivity index (χ4v) is 2.14. The highest BCUT2D eigenvalue weighted by molar-refractivity contribution is 9.10. The predicted octanol–water partition coefficient (Wildman–Crippen LogP) is 2.01. The summed E-state index contributed by atoms with van der Waals surface area (Å²) in [5, 5.41) is 9.00. The molecular weight excluding hydrogens is 262 g/mol. The first-order chi connectivity index (χ1) is 7.18. The van der Waals surface area contributed by atoms with Gasteiger partial charge in [-0.2, -0.15) is 0 Å². The molecule has 1 aliphatic heterocycles. The number of halogens is 1. The average Bonchev–Trinajstić information content (AvgIpc) is 2.65. The zero-order chi connectivity index (χ0) is 10.8. The SMILES string of the molecule is O=C(O)[C@@H]1CCO[C@H]1c1cncc(Br)c1. The number of carboxylic acids is 1. The molecule has 0 saturated carbocycles. The van der Waals surface area contributed by atoms with Crippen LogP contribution in [0, 0.1) is 5.92 Å². The number of aliphatic carboxylic acids is 1. The Balaban J connectivity index is 2.26. The number of nitrogens with zero attached hydrogens (tertiary/aromatic N) is 1. The highest BCUT2D eigenvalue weighted by atomic mass is 79.9. The Bertz CT molecular complexity index is 383. The molecule has 0 radical (unpaired) electrons. The first-order valence-electron chi connectivity index (χ1n) is 4.63. The third-order valence-electron chi connectivity index (χ3n) is 2.46. The molecule has 1 aromatic heterocycles. The Morgan fingerprint density at radius 3 is 3.07 bits per heavy atom. The van der Waals surface area contributed by atoms with Gasteiger partial charge in [-0.25, -0.2) is 0 Å². The second-order valence-corrected chi connectivity index (χ2v) is 4.38. The molecule has 1 aliphatic rings. The molecule has 0 aliphatic carbocycles. The predicted molar refractivity (Wildman–Crippen MR) is 56.4 cm³/mol. The van der Waals surface area contributed by atoms with E-state index in [1.165, 1.54) is 0 Å². The minimum absolute atomic E-state index is 0.368. The van der Waals surface area contributed by atoms with Gasteiger partial charge in [0.2, 0.25) is 0 Å². The molecule has 1 N–H and O–H groups in total. The molecule has 0 aromatic carbocycles. The van der Waals surface area contributed by atoms with Crippen LogP contribution in [-0.2, 0) is 9.53 Å². The Kier molecular flexibility index (Phi) is 3.02. The normalized spacial score (nSPS) is 25.4. The standard InChI is InChI=1S/C10H10BrNO3/c11-7-3-6(4-12-5-7)9-8(10(13)14)1-2-15-9/h3-5,8-9H,1-2H2,(H,13,14)/t8-,9+/m1/s1. The zero-order valence-electron chi connectivity index (χ0n) is 7.89. The van der Waals surface area contributed by atoms with E-state index < -0.39 is 11.9 Å². The lowest BCUT2D eigenvalue weighted by Gasteiger charge is -2.14. The van der Waals surface area contributed by atoms with Crippen LogP contribution in [0.2, 0.25) is 0 Å². The Labute approximate surface area is 95.4 Å². The van der Waals surface area contributed by atoms with Gasteiger partial charge in [0.15, 0.2) is 0 Å². The zero-order valence-corrected chi connectivity index (χ0v) is 9.48. The van der Waals surface area contributed by atoms with Crippen LogP contribution in [0.15, 0.2) is 22.9 Å². The molecular formula is C10H10BrNO3. The van der Waals surface area contributed by atoms with Crippen molar-refractivity contribution < 1.29 is 14.6 Å². The van der Waals surface area contributed by atoms with Crippen LogP contribution in [0.3, 0.4) is 0 Å². The Morgan fingerprint density at radius 1 is 1.60 bits per heavy atom. The van der Waals surface area contributed by atoms with Crippen LogP contribution in [0.1, 0.15) is 18.1 Å². The molecule has 80 valence electrons. The summed E-state index contributed by atoms with van der Waals surface area (Å²) >= 11 is 3.30. The van der Waals surface area contributed by atoms with Gasteiger partial charge in [0, 0.05) is 29.0 Å². The minimum Gasteiger partial charge on any atom is -0.481 e. The molecule has 0 spiro atoms. The Morgan fingerprint density at radius 2 is 2.40 bits per heavy atom. The molecule has 15 heavy (non-hydrogen) atoms. The van der Waals surface area contributed by atoms with E-state index in [0.717, 1.165) is 10.0 Å². The average molecular weight is 272 g/mol. The van der Waals surface area contributed by atoms with Gasteiger partial charge in [0.05, 0.1) is 12.0 Å². The second-order valence-electron chi connectivity index (χ2n) is 3.46. The van der Waals surface area contributed by atoms with Crippen molar-refractivity contribution in [3.63, 3.8) is 0 Å². The lowest BCUT2D eigenvalue weighted by molar-refractivity contribution is -0.143. The number of carbonyl (C=O) groups is 1. The van der Waals surface area contributed by atoms with E-state index in [4.69, 9.17) is 9.84 Å². The van der Waals surface area contributed by atoms with Crippen LogP contribution >= 0.6 is 15.9 Å². The van der Waals surface area contributed by atoms with Crippen LogP contribution in [0.5, 0.6) is 0 Å². The summed E-state index contributed by atoms with van der Waals surface area (Å²) in [6.45, 7) is 0.494. The maximum Gasteiger partial charge on any atom is 0.309 e.